The zero-order chi connectivity index (χ0) is 19.4. The van der Waals surface area contributed by atoms with Gasteiger partial charge in [0.1, 0.15) is 5.82 Å². The lowest BCUT2D eigenvalue weighted by atomic mass is 10.2. The Bertz CT molecular complexity index is 762. The van der Waals surface area contributed by atoms with Crippen molar-refractivity contribution in [3.05, 3.63) is 48.2 Å². The van der Waals surface area contributed by atoms with E-state index in [0.717, 1.165) is 18.9 Å². The molecule has 2 aromatic rings. The lowest BCUT2D eigenvalue weighted by Crippen LogP contribution is -2.45. The number of thioether (sulfide) groups is 1. The molecule has 1 amide bonds. The number of nitrogens with zero attached hydrogens (tertiary/aromatic N) is 2. The Hall–Kier alpha value is -2.19. The molecule has 0 radical (unpaired) electrons. The summed E-state index contributed by atoms with van der Waals surface area (Å²) in [5.41, 5.74) is 0.970. The van der Waals surface area contributed by atoms with E-state index in [9.17, 15) is 13.6 Å². The fourth-order valence-corrected chi connectivity index (χ4v) is 3.49. The Morgan fingerprint density at radius 2 is 1.85 bits per heavy atom. The highest BCUT2D eigenvalue weighted by molar-refractivity contribution is 7.99. The molecule has 1 aliphatic rings. The molecule has 1 aliphatic heterocycles. The fraction of sp³-hybridized carbons (Fsp3) is 0.368. The molecule has 1 aromatic carbocycles. The Balaban J connectivity index is 1.62. The van der Waals surface area contributed by atoms with Gasteiger partial charge in [-0.1, -0.05) is 11.8 Å². The van der Waals surface area contributed by atoms with E-state index in [1.807, 2.05) is 19.9 Å². The minimum absolute atomic E-state index is 0.129. The SMILES string of the molecule is CC1CN(c2ccc(C(=O)Nc3ccc(SC(F)F)cc3)cn2)CC(C)O1. The average molecular weight is 393 g/mol. The van der Waals surface area contributed by atoms with Gasteiger partial charge in [0, 0.05) is 29.9 Å². The molecule has 144 valence electrons. The van der Waals surface area contributed by atoms with Crippen molar-refractivity contribution in [2.24, 2.45) is 0 Å². The number of carbonyl (C=O) groups is 1. The van der Waals surface area contributed by atoms with Crippen LogP contribution in [0.25, 0.3) is 0 Å². The highest BCUT2D eigenvalue weighted by Gasteiger charge is 2.23. The molecule has 1 aromatic heterocycles. The van der Waals surface area contributed by atoms with Gasteiger partial charge in [-0.3, -0.25) is 4.79 Å². The van der Waals surface area contributed by atoms with E-state index in [1.54, 1.807) is 30.3 Å². The number of hydrogen-bond acceptors (Lipinski definition) is 5. The number of aromatic nitrogens is 1. The Morgan fingerprint density at radius 1 is 1.19 bits per heavy atom. The van der Waals surface area contributed by atoms with Gasteiger partial charge >= 0.3 is 0 Å². The Kier molecular flexibility index (Phi) is 6.28. The topological polar surface area (TPSA) is 54.5 Å². The summed E-state index contributed by atoms with van der Waals surface area (Å²) in [6.07, 6.45) is 1.80. The van der Waals surface area contributed by atoms with Crippen molar-refractivity contribution in [2.45, 2.75) is 36.7 Å². The average Bonchev–Trinajstić information content (AvgIpc) is 2.62. The zero-order valence-corrected chi connectivity index (χ0v) is 15.9. The largest absolute Gasteiger partial charge is 0.372 e. The fourth-order valence-electron chi connectivity index (χ4n) is 3.00. The third-order valence-corrected chi connectivity index (χ3v) is 4.81. The maximum absolute atomic E-state index is 12.4. The molecule has 3 rings (SSSR count). The number of halogens is 2. The lowest BCUT2D eigenvalue weighted by molar-refractivity contribution is -0.00546. The van der Waals surface area contributed by atoms with E-state index in [4.69, 9.17) is 4.74 Å². The number of amides is 1. The smallest absolute Gasteiger partial charge is 0.288 e. The first-order valence-corrected chi connectivity index (χ1v) is 9.51. The van der Waals surface area contributed by atoms with Crippen LogP contribution in [0.15, 0.2) is 47.5 Å². The number of ether oxygens (including phenoxy) is 1. The summed E-state index contributed by atoms with van der Waals surface area (Å²) in [6, 6.07) is 9.84. The number of rotatable bonds is 5. The molecule has 1 saturated heterocycles. The van der Waals surface area contributed by atoms with Crippen molar-refractivity contribution in [3.8, 4) is 0 Å². The van der Waals surface area contributed by atoms with E-state index in [-0.39, 0.29) is 18.1 Å². The molecule has 0 spiro atoms. The van der Waals surface area contributed by atoms with Crippen LogP contribution in [0.4, 0.5) is 20.3 Å². The minimum atomic E-state index is -2.47. The zero-order valence-electron chi connectivity index (χ0n) is 15.1. The van der Waals surface area contributed by atoms with Gasteiger partial charge in [-0.05, 0) is 50.2 Å². The van der Waals surface area contributed by atoms with E-state index >= 15 is 0 Å². The Labute approximate surface area is 161 Å². The molecule has 1 fully saturated rings. The van der Waals surface area contributed by atoms with Gasteiger partial charge < -0.3 is 15.0 Å². The number of benzene rings is 1. The first-order chi connectivity index (χ1) is 12.9. The van der Waals surface area contributed by atoms with Gasteiger partial charge in [-0.2, -0.15) is 8.78 Å². The summed E-state index contributed by atoms with van der Waals surface area (Å²) in [5.74, 6) is -1.96. The van der Waals surface area contributed by atoms with E-state index < -0.39 is 5.76 Å². The third kappa shape index (κ3) is 5.40. The number of alkyl halides is 2. The molecule has 0 aliphatic carbocycles. The summed E-state index contributed by atoms with van der Waals surface area (Å²) in [4.78, 5) is 19.3. The molecular weight excluding hydrogens is 372 g/mol. The van der Waals surface area contributed by atoms with Gasteiger partial charge in [0.25, 0.3) is 11.7 Å². The van der Waals surface area contributed by atoms with Gasteiger partial charge in [0.05, 0.1) is 17.8 Å². The summed E-state index contributed by atoms with van der Waals surface area (Å²) in [7, 11) is 0. The molecule has 0 bridgehead atoms. The monoisotopic (exact) mass is 393 g/mol. The second-order valence-corrected chi connectivity index (χ2v) is 7.49. The van der Waals surface area contributed by atoms with Crippen LogP contribution >= 0.6 is 11.8 Å². The summed E-state index contributed by atoms with van der Waals surface area (Å²) < 4.78 is 30.4. The molecule has 0 saturated carbocycles. The number of pyridine rings is 1. The molecule has 2 atom stereocenters. The Morgan fingerprint density at radius 3 is 2.41 bits per heavy atom. The quantitative estimate of drug-likeness (QED) is 0.769. The number of hydrogen-bond donors (Lipinski definition) is 1. The molecule has 1 N–H and O–H groups in total. The number of carbonyl (C=O) groups excluding carboxylic acids is 1. The first-order valence-electron chi connectivity index (χ1n) is 8.63. The minimum Gasteiger partial charge on any atom is -0.372 e. The maximum Gasteiger partial charge on any atom is 0.288 e. The van der Waals surface area contributed by atoms with Crippen molar-refractivity contribution in [1.29, 1.82) is 0 Å². The number of anilines is 2. The van der Waals surface area contributed by atoms with Crippen LogP contribution in [0.3, 0.4) is 0 Å². The maximum atomic E-state index is 12.4. The summed E-state index contributed by atoms with van der Waals surface area (Å²) >= 11 is 0.468. The normalized spacial score (nSPS) is 20.0. The van der Waals surface area contributed by atoms with Crippen LogP contribution in [-0.2, 0) is 4.74 Å². The lowest BCUT2D eigenvalue weighted by Gasteiger charge is -2.36. The van der Waals surface area contributed by atoms with Gasteiger partial charge in [-0.25, -0.2) is 4.98 Å². The van der Waals surface area contributed by atoms with Crippen molar-refractivity contribution in [3.63, 3.8) is 0 Å². The summed E-state index contributed by atoms with van der Waals surface area (Å²) in [5, 5.41) is 2.74. The third-order valence-electron chi connectivity index (χ3n) is 4.09. The van der Waals surface area contributed by atoms with Crippen molar-refractivity contribution in [1.82, 2.24) is 4.98 Å². The first kappa shape index (κ1) is 19.6. The van der Waals surface area contributed by atoms with Gasteiger partial charge in [-0.15, -0.1) is 0 Å². The molecule has 27 heavy (non-hydrogen) atoms. The molecule has 5 nitrogen and oxygen atoms in total. The van der Waals surface area contributed by atoms with Crippen LogP contribution in [0.1, 0.15) is 24.2 Å². The highest BCUT2D eigenvalue weighted by Crippen LogP contribution is 2.26. The predicted molar refractivity (Wildman–Crippen MR) is 103 cm³/mol. The van der Waals surface area contributed by atoms with Crippen molar-refractivity contribution in [2.75, 3.05) is 23.3 Å². The second kappa shape index (κ2) is 8.67. The second-order valence-electron chi connectivity index (χ2n) is 6.42. The predicted octanol–water partition coefficient (Wildman–Crippen LogP) is 4.26. The van der Waals surface area contributed by atoms with Crippen LogP contribution in [0.5, 0.6) is 0 Å². The molecular formula is C19H21F2N3O2S. The molecule has 2 heterocycles. The van der Waals surface area contributed by atoms with Crippen LogP contribution < -0.4 is 10.2 Å². The number of nitrogens with one attached hydrogen (secondary N) is 1. The molecule has 2 unspecified atom stereocenters. The standard InChI is InChI=1S/C19H21F2N3O2S/c1-12-10-24(11-13(2)26-12)17-8-3-14(9-22-17)18(25)23-15-4-6-16(7-5-15)27-19(20)21/h3-9,12-13,19H,10-11H2,1-2H3,(H,23,25). The highest BCUT2D eigenvalue weighted by atomic mass is 32.2. The van der Waals surface area contributed by atoms with Crippen molar-refractivity contribution >= 4 is 29.2 Å². The van der Waals surface area contributed by atoms with Crippen LogP contribution in [0.2, 0.25) is 0 Å². The number of morpholine rings is 1. The summed E-state index contributed by atoms with van der Waals surface area (Å²) in [6.45, 7) is 5.56. The van der Waals surface area contributed by atoms with E-state index in [0.29, 0.717) is 27.9 Å². The van der Waals surface area contributed by atoms with Crippen LogP contribution in [0, 0.1) is 0 Å². The van der Waals surface area contributed by atoms with E-state index in [2.05, 4.69) is 15.2 Å². The van der Waals surface area contributed by atoms with Crippen LogP contribution in [-0.4, -0.2) is 41.9 Å². The van der Waals surface area contributed by atoms with Gasteiger partial charge in [0.15, 0.2) is 0 Å². The van der Waals surface area contributed by atoms with Gasteiger partial charge in [0.2, 0.25) is 0 Å². The molecule has 8 heteroatoms. The van der Waals surface area contributed by atoms with E-state index in [1.165, 1.54) is 6.20 Å². The van der Waals surface area contributed by atoms with Crippen molar-refractivity contribution < 1.29 is 18.3 Å².